The van der Waals surface area contributed by atoms with Gasteiger partial charge in [0.05, 0.1) is 11.1 Å². The van der Waals surface area contributed by atoms with E-state index in [0.717, 1.165) is 29.5 Å². The molecule has 2 aromatic carbocycles. The van der Waals surface area contributed by atoms with E-state index in [2.05, 4.69) is 0 Å². The number of aromatic carboxylic acids is 1. The van der Waals surface area contributed by atoms with E-state index in [1.54, 1.807) is 0 Å². The molecule has 7 heteroatoms. The smallest absolute Gasteiger partial charge is 0.416 e. The minimum atomic E-state index is -4.50. The first-order valence-corrected chi connectivity index (χ1v) is 6.90. The zero-order valence-electron chi connectivity index (χ0n) is 10.8. The predicted molar refractivity (Wildman–Crippen MR) is 77.6 cm³/mol. The van der Waals surface area contributed by atoms with Crippen LogP contribution in [0.25, 0.3) is 20.2 Å². The Morgan fingerprint density at radius 2 is 1.59 bits per heavy atom. The second-order valence-electron chi connectivity index (χ2n) is 4.66. The molecule has 0 fully saturated rings. The molecule has 0 amide bonds. The molecule has 0 spiro atoms. The highest BCUT2D eigenvalue weighted by atomic mass is 32.1. The van der Waals surface area contributed by atoms with Crippen LogP contribution in [0.15, 0.2) is 41.2 Å². The molecule has 0 atom stereocenters. The minimum Gasteiger partial charge on any atom is -0.478 e. The Balaban J connectivity index is 2.37. The summed E-state index contributed by atoms with van der Waals surface area (Å²) in [5.74, 6) is -1.16. The summed E-state index contributed by atoms with van der Waals surface area (Å²) in [6, 6.07) is 6.91. The summed E-state index contributed by atoms with van der Waals surface area (Å²) in [6.07, 6.45) is -4.50. The highest BCUT2D eigenvalue weighted by Gasteiger charge is 2.30. The molecule has 0 bridgehead atoms. The van der Waals surface area contributed by atoms with Crippen molar-refractivity contribution in [2.24, 2.45) is 0 Å². The maximum Gasteiger partial charge on any atom is 0.416 e. The number of benzene rings is 2. The molecular weight excluding hydrogens is 317 g/mol. The molecule has 1 heterocycles. The fourth-order valence-electron chi connectivity index (χ4n) is 2.16. The summed E-state index contributed by atoms with van der Waals surface area (Å²) in [5.41, 5.74) is -1.27. The van der Waals surface area contributed by atoms with Gasteiger partial charge < -0.3 is 5.11 Å². The molecule has 3 aromatic rings. The number of carboxylic acid groups (broad SMARTS) is 1. The van der Waals surface area contributed by atoms with Crippen molar-refractivity contribution in [2.75, 3.05) is 0 Å². The highest BCUT2D eigenvalue weighted by Crippen LogP contribution is 2.33. The number of hydrogen-bond donors (Lipinski definition) is 1. The van der Waals surface area contributed by atoms with Gasteiger partial charge in [-0.15, -0.1) is 11.3 Å². The van der Waals surface area contributed by atoms with Crippen LogP contribution in [-0.2, 0) is 6.18 Å². The number of halogens is 3. The maximum atomic E-state index is 12.7. The van der Waals surface area contributed by atoms with Gasteiger partial charge in [0.25, 0.3) is 0 Å². The third-order valence-electron chi connectivity index (χ3n) is 3.25. The van der Waals surface area contributed by atoms with Crippen LogP contribution in [-0.4, -0.2) is 11.1 Å². The van der Waals surface area contributed by atoms with Gasteiger partial charge in [-0.2, -0.15) is 13.2 Å². The van der Waals surface area contributed by atoms with E-state index < -0.39 is 23.1 Å². The molecule has 1 aromatic heterocycles. The first kappa shape index (κ1) is 14.5. The lowest BCUT2D eigenvalue weighted by molar-refractivity contribution is -0.137. The fourth-order valence-corrected chi connectivity index (χ4v) is 3.31. The Hall–Kier alpha value is -2.41. The van der Waals surface area contributed by atoms with E-state index in [9.17, 15) is 22.8 Å². The van der Waals surface area contributed by atoms with E-state index in [0.29, 0.717) is 10.1 Å². The van der Waals surface area contributed by atoms with E-state index in [1.165, 1.54) is 18.2 Å². The van der Waals surface area contributed by atoms with Gasteiger partial charge in [-0.1, -0.05) is 0 Å². The summed E-state index contributed by atoms with van der Waals surface area (Å²) < 4.78 is 38.8. The van der Waals surface area contributed by atoms with Crippen molar-refractivity contribution >= 4 is 37.5 Å². The van der Waals surface area contributed by atoms with Crippen LogP contribution >= 0.6 is 11.3 Å². The van der Waals surface area contributed by atoms with Gasteiger partial charge >= 0.3 is 12.1 Å². The monoisotopic (exact) mass is 324 g/mol. The zero-order chi connectivity index (χ0) is 16.1. The summed E-state index contributed by atoms with van der Waals surface area (Å²) in [6.45, 7) is 0. The second kappa shape index (κ2) is 4.81. The van der Waals surface area contributed by atoms with E-state index >= 15 is 0 Å². The van der Waals surface area contributed by atoms with Crippen molar-refractivity contribution in [3.8, 4) is 0 Å². The van der Waals surface area contributed by atoms with E-state index in [1.807, 2.05) is 0 Å². The molecule has 1 N–H and O–H groups in total. The van der Waals surface area contributed by atoms with Crippen molar-refractivity contribution in [3.05, 3.63) is 57.7 Å². The standard InChI is InChI=1S/C15H7F3O3S/c16-15(17,18)8-2-4-10-12(6-8)22-11-5-7(14(20)21)1-3-9(11)13(10)19/h1-6H,(H,20,21). The van der Waals surface area contributed by atoms with Gasteiger partial charge in [0.1, 0.15) is 0 Å². The summed E-state index contributed by atoms with van der Waals surface area (Å²) in [7, 11) is 0. The lowest BCUT2D eigenvalue weighted by Gasteiger charge is -2.08. The number of carbonyl (C=O) groups is 1. The number of rotatable bonds is 1. The van der Waals surface area contributed by atoms with Gasteiger partial charge in [-0.3, -0.25) is 4.79 Å². The quantitative estimate of drug-likeness (QED) is 0.685. The average Bonchev–Trinajstić information content (AvgIpc) is 2.45. The number of alkyl halides is 3. The second-order valence-corrected chi connectivity index (χ2v) is 5.74. The highest BCUT2D eigenvalue weighted by molar-refractivity contribution is 7.24. The van der Waals surface area contributed by atoms with Crippen LogP contribution in [0.5, 0.6) is 0 Å². The number of carboxylic acids is 1. The molecule has 0 aliphatic rings. The third-order valence-corrected chi connectivity index (χ3v) is 4.36. The molecular formula is C15H7F3O3S. The molecule has 3 nitrogen and oxygen atoms in total. The maximum absolute atomic E-state index is 12.7. The first-order chi connectivity index (χ1) is 10.3. The summed E-state index contributed by atoms with van der Waals surface area (Å²) >= 11 is 0.964. The predicted octanol–water partition coefficient (Wildman–Crippen LogP) is 4.13. The average molecular weight is 324 g/mol. The molecule has 0 saturated carbocycles. The van der Waals surface area contributed by atoms with Crippen LogP contribution < -0.4 is 5.43 Å². The van der Waals surface area contributed by atoms with E-state index in [-0.39, 0.29) is 15.6 Å². The van der Waals surface area contributed by atoms with Gasteiger partial charge in [0, 0.05) is 20.2 Å². The molecule has 0 radical (unpaired) electrons. The molecule has 0 unspecified atom stereocenters. The topological polar surface area (TPSA) is 54.4 Å². The van der Waals surface area contributed by atoms with Crippen molar-refractivity contribution in [1.29, 1.82) is 0 Å². The lowest BCUT2D eigenvalue weighted by atomic mass is 10.1. The third kappa shape index (κ3) is 2.33. The molecule has 3 rings (SSSR count). The van der Waals surface area contributed by atoms with Crippen LogP contribution in [0.3, 0.4) is 0 Å². The van der Waals surface area contributed by atoms with Crippen molar-refractivity contribution in [1.82, 2.24) is 0 Å². The van der Waals surface area contributed by atoms with Gasteiger partial charge in [0.15, 0.2) is 5.43 Å². The molecule has 22 heavy (non-hydrogen) atoms. The molecule has 112 valence electrons. The van der Waals surface area contributed by atoms with Gasteiger partial charge in [0.2, 0.25) is 0 Å². The summed E-state index contributed by atoms with van der Waals surface area (Å²) in [5, 5.41) is 9.44. The van der Waals surface area contributed by atoms with Crippen LogP contribution in [0.1, 0.15) is 15.9 Å². The number of hydrogen-bond acceptors (Lipinski definition) is 3. The summed E-state index contributed by atoms with van der Waals surface area (Å²) in [4.78, 5) is 23.3. The molecule has 0 aliphatic carbocycles. The Labute approximate surface area is 125 Å². The molecule has 0 aliphatic heterocycles. The first-order valence-electron chi connectivity index (χ1n) is 6.08. The van der Waals surface area contributed by atoms with Crippen molar-refractivity contribution < 1.29 is 23.1 Å². The zero-order valence-corrected chi connectivity index (χ0v) is 11.6. The van der Waals surface area contributed by atoms with Crippen LogP contribution in [0, 0.1) is 0 Å². The Morgan fingerprint density at radius 3 is 2.18 bits per heavy atom. The Kier molecular flexibility index (Phi) is 3.17. The van der Waals surface area contributed by atoms with Crippen LogP contribution in [0.4, 0.5) is 13.2 Å². The molecule has 0 saturated heterocycles. The van der Waals surface area contributed by atoms with Crippen molar-refractivity contribution in [3.63, 3.8) is 0 Å². The normalized spacial score (nSPS) is 12.0. The number of fused-ring (bicyclic) bond motifs is 2. The fraction of sp³-hybridized carbons (Fsp3) is 0.0667. The minimum absolute atomic E-state index is 0.0190. The van der Waals surface area contributed by atoms with E-state index in [4.69, 9.17) is 5.11 Å². The van der Waals surface area contributed by atoms with Crippen LogP contribution in [0.2, 0.25) is 0 Å². The van der Waals surface area contributed by atoms with Crippen molar-refractivity contribution in [2.45, 2.75) is 6.18 Å². The van der Waals surface area contributed by atoms with Gasteiger partial charge in [-0.25, -0.2) is 4.79 Å². The lowest BCUT2D eigenvalue weighted by Crippen LogP contribution is -2.07. The Morgan fingerprint density at radius 1 is 1.00 bits per heavy atom. The Bertz CT molecular complexity index is 973. The SMILES string of the molecule is O=C(O)c1ccc2c(=O)c3ccc(C(F)(F)F)cc3sc2c1. The largest absolute Gasteiger partial charge is 0.478 e. The van der Waals surface area contributed by atoms with Gasteiger partial charge in [-0.05, 0) is 36.4 Å².